The fourth-order valence-electron chi connectivity index (χ4n) is 4.81. The molecule has 2 aliphatic rings. The van der Waals surface area contributed by atoms with Gasteiger partial charge in [-0.3, -0.25) is 19.5 Å². The van der Waals surface area contributed by atoms with Gasteiger partial charge in [0.1, 0.15) is 5.92 Å². The monoisotopic (exact) mass is 515 g/mol. The predicted octanol–water partition coefficient (Wildman–Crippen LogP) is 4.69. The molecule has 2 aliphatic heterocycles. The largest absolute Gasteiger partial charge is 0.325 e. The van der Waals surface area contributed by atoms with Crippen molar-refractivity contribution in [2.45, 2.75) is 12.8 Å². The number of hydrogen-bond donors (Lipinski definition) is 2. The average Bonchev–Trinajstić information content (AvgIpc) is 3.20. The van der Waals surface area contributed by atoms with E-state index >= 15 is 0 Å². The van der Waals surface area contributed by atoms with Crippen LogP contribution in [0.15, 0.2) is 71.7 Å². The molecule has 0 radical (unpaired) electrons. The number of amides is 2. The molecule has 7 nitrogen and oxygen atoms in total. The predicted molar refractivity (Wildman–Crippen MR) is 149 cm³/mol. The third-order valence-corrected chi connectivity index (χ3v) is 7.12. The number of likely N-dealkylation sites (N-methyl/N-ethyl adjacent to an activating group) is 1. The summed E-state index contributed by atoms with van der Waals surface area (Å²) in [5.74, 6) is -0.714. The fraction of sp³-hybridized carbons (Fsp3) is 0.276. The van der Waals surface area contributed by atoms with E-state index in [0.717, 1.165) is 48.6 Å². The van der Waals surface area contributed by atoms with Gasteiger partial charge < -0.3 is 15.5 Å². The average molecular weight is 516 g/mol. The lowest BCUT2D eigenvalue weighted by molar-refractivity contribution is -0.118. The molecule has 2 N–H and O–H groups in total. The van der Waals surface area contributed by atoms with Crippen LogP contribution in [-0.2, 0) is 9.59 Å². The number of carbonyl (C=O) groups excluding carboxylic acids is 2. The van der Waals surface area contributed by atoms with Crippen LogP contribution < -0.4 is 10.6 Å². The maximum atomic E-state index is 13.1. The molecule has 1 unspecified atom stereocenters. The molecule has 1 atom stereocenters. The fourth-order valence-corrected chi connectivity index (χ4v) is 4.98. The van der Waals surface area contributed by atoms with Gasteiger partial charge in [0.25, 0.3) is 0 Å². The molecule has 3 aromatic carbocycles. The lowest BCUT2D eigenvalue weighted by Gasteiger charge is -2.31. The van der Waals surface area contributed by atoms with E-state index in [1.165, 1.54) is 0 Å². The molecule has 3 aromatic rings. The molecule has 2 amide bonds. The van der Waals surface area contributed by atoms with Crippen LogP contribution in [0, 0.1) is 6.92 Å². The van der Waals surface area contributed by atoms with Crippen LogP contribution in [0.25, 0.3) is 0 Å². The first-order valence-electron chi connectivity index (χ1n) is 12.4. The summed E-state index contributed by atoms with van der Waals surface area (Å²) in [5.41, 5.74) is 5.46. The van der Waals surface area contributed by atoms with Gasteiger partial charge in [-0.05, 0) is 61.0 Å². The number of aryl methyl sites for hydroxylation is 1. The Hall–Kier alpha value is -3.52. The minimum absolute atomic E-state index is 0.0215. The van der Waals surface area contributed by atoms with Crippen LogP contribution in [0.3, 0.4) is 0 Å². The quantitative estimate of drug-likeness (QED) is 0.467. The summed E-state index contributed by atoms with van der Waals surface area (Å²) in [6, 6.07) is 20.8. The van der Waals surface area contributed by atoms with Crippen LogP contribution >= 0.6 is 11.6 Å². The number of nitrogens with zero attached hydrogens (tertiary/aromatic N) is 3. The number of aliphatic imine (C=N–C) groups is 1. The van der Waals surface area contributed by atoms with E-state index in [1.807, 2.05) is 61.5 Å². The van der Waals surface area contributed by atoms with Crippen molar-refractivity contribution in [3.63, 3.8) is 0 Å². The molecule has 0 aromatic heterocycles. The normalized spacial score (nSPS) is 18.4. The lowest BCUT2D eigenvalue weighted by atomic mass is 9.90. The van der Waals surface area contributed by atoms with Crippen LogP contribution in [0.5, 0.6) is 0 Å². The van der Waals surface area contributed by atoms with Crippen molar-refractivity contribution in [1.82, 2.24) is 9.80 Å². The van der Waals surface area contributed by atoms with Gasteiger partial charge in [-0.15, -0.1) is 0 Å². The molecule has 2 heterocycles. The van der Waals surface area contributed by atoms with Crippen LogP contribution in [-0.4, -0.2) is 67.1 Å². The third kappa shape index (κ3) is 5.74. The van der Waals surface area contributed by atoms with Crippen molar-refractivity contribution in [3.8, 4) is 0 Å². The number of anilines is 2. The molecule has 37 heavy (non-hydrogen) atoms. The smallest absolute Gasteiger partial charge is 0.238 e. The lowest BCUT2D eigenvalue weighted by Crippen LogP contribution is -2.47. The highest BCUT2D eigenvalue weighted by atomic mass is 35.5. The first-order chi connectivity index (χ1) is 17.9. The van der Waals surface area contributed by atoms with Crippen molar-refractivity contribution in [1.29, 1.82) is 0 Å². The molecule has 0 bridgehead atoms. The van der Waals surface area contributed by atoms with Gasteiger partial charge in [-0.25, -0.2) is 0 Å². The van der Waals surface area contributed by atoms with Gasteiger partial charge in [0.2, 0.25) is 11.8 Å². The molecular weight excluding hydrogens is 486 g/mol. The van der Waals surface area contributed by atoms with Gasteiger partial charge in [0.15, 0.2) is 0 Å². The zero-order chi connectivity index (χ0) is 25.9. The number of halogens is 1. The van der Waals surface area contributed by atoms with Crippen molar-refractivity contribution >= 4 is 46.2 Å². The molecule has 8 heteroatoms. The number of benzene rings is 3. The Balaban J connectivity index is 1.40. The molecule has 190 valence electrons. The third-order valence-electron chi connectivity index (χ3n) is 6.89. The van der Waals surface area contributed by atoms with E-state index in [2.05, 4.69) is 27.5 Å². The summed E-state index contributed by atoms with van der Waals surface area (Å²) in [7, 11) is 2.10. The summed E-state index contributed by atoms with van der Waals surface area (Å²) in [6.45, 7) is 6.06. The molecule has 1 saturated heterocycles. The maximum absolute atomic E-state index is 13.1. The van der Waals surface area contributed by atoms with Crippen LogP contribution in [0.4, 0.5) is 17.1 Å². The number of rotatable bonds is 6. The Labute approximate surface area is 222 Å². The highest BCUT2D eigenvalue weighted by Crippen LogP contribution is 2.38. The summed E-state index contributed by atoms with van der Waals surface area (Å²) < 4.78 is 0. The first-order valence-corrected chi connectivity index (χ1v) is 12.8. The van der Waals surface area contributed by atoms with E-state index < -0.39 is 5.92 Å². The number of carbonyl (C=O) groups is 2. The van der Waals surface area contributed by atoms with Crippen LogP contribution in [0.2, 0.25) is 5.02 Å². The van der Waals surface area contributed by atoms with Gasteiger partial charge in [0.05, 0.1) is 17.9 Å². The summed E-state index contributed by atoms with van der Waals surface area (Å²) in [4.78, 5) is 35.2. The summed E-state index contributed by atoms with van der Waals surface area (Å²) in [6.07, 6.45) is 0. The Morgan fingerprint density at radius 3 is 2.54 bits per heavy atom. The van der Waals surface area contributed by atoms with Gasteiger partial charge in [-0.1, -0.05) is 48.0 Å². The van der Waals surface area contributed by atoms with Crippen molar-refractivity contribution < 1.29 is 9.59 Å². The zero-order valence-electron chi connectivity index (χ0n) is 21.0. The van der Waals surface area contributed by atoms with Gasteiger partial charge in [-0.2, -0.15) is 0 Å². The van der Waals surface area contributed by atoms with Gasteiger partial charge >= 0.3 is 0 Å². The van der Waals surface area contributed by atoms with Crippen LogP contribution in [0.1, 0.15) is 22.6 Å². The second kappa shape index (κ2) is 10.8. The van der Waals surface area contributed by atoms with E-state index in [0.29, 0.717) is 28.7 Å². The minimum Gasteiger partial charge on any atom is -0.325 e. The van der Waals surface area contributed by atoms with Crippen molar-refractivity contribution in [2.75, 3.05) is 50.4 Å². The molecule has 1 fully saturated rings. The first kappa shape index (κ1) is 25.1. The zero-order valence-corrected chi connectivity index (χ0v) is 21.8. The van der Waals surface area contributed by atoms with E-state index in [4.69, 9.17) is 16.6 Å². The molecule has 5 rings (SSSR count). The molecule has 0 spiro atoms. The van der Waals surface area contributed by atoms with E-state index in [9.17, 15) is 9.59 Å². The highest BCUT2D eigenvalue weighted by molar-refractivity contribution is 6.31. The minimum atomic E-state index is -0.557. The van der Waals surface area contributed by atoms with Crippen molar-refractivity contribution in [3.05, 3.63) is 88.4 Å². The maximum Gasteiger partial charge on any atom is 0.238 e. The molecular formula is C29H30ClN5O2. The Bertz CT molecular complexity index is 1350. The SMILES string of the molecule is Cc1cc(N=C(c2ccccc2)C2C(=O)Nc3cc(Cl)ccc32)ccc1NC(=O)CN1CCN(C)CC1. The van der Waals surface area contributed by atoms with E-state index in [1.54, 1.807) is 12.1 Å². The summed E-state index contributed by atoms with van der Waals surface area (Å²) in [5, 5.41) is 6.55. The highest BCUT2D eigenvalue weighted by Gasteiger charge is 2.35. The number of piperazine rings is 1. The second-order valence-corrected chi connectivity index (χ2v) is 10.1. The second-order valence-electron chi connectivity index (χ2n) is 9.64. The Kier molecular flexibility index (Phi) is 7.37. The summed E-state index contributed by atoms with van der Waals surface area (Å²) >= 11 is 6.16. The number of nitrogens with one attached hydrogen (secondary N) is 2. The Morgan fingerprint density at radius 1 is 1.05 bits per heavy atom. The van der Waals surface area contributed by atoms with Gasteiger partial charge in [0, 0.05) is 42.6 Å². The standard InChI is InChI=1S/C29H30ClN5O2/c1-19-16-22(9-11-24(19)32-26(36)18-35-14-12-34(2)13-15-35)31-28(20-6-4-3-5-7-20)27-23-10-8-21(30)17-25(23)33-29(27)37/h3-11,16-17,27H,12-15,18H2,1-2H3,(H,32,36)(H,33,37). The molecule has 0 saturated carbocycles. The molecule has 0 aliphatic carbocycles. The number of hydrogen-bond acceptors (Lipinski definition) is 5. The topological polar surface area (TPSA) is 77.0 Å². The number of fused-ring (bicyclic) bond motifs is 1. The van der Waals surface area contributed by atoms with Crippen molar-refractivity contribution in [2.24, 2.45) is 4.99 Å². The Morgan fingerprint density at radius 2 is 1.81 bits per heavy atom. The van der Waals surface area contributed by atoms with E-state index in [-0.39, 0.29) is 11.8 Å².